The van der Waals surface area contributed by atoms with E-state index in [-0.39, 0.29) is 5.54 Å². The van der Waals surface area contributed by atoms with Crippen LogP contribution >= 0.6 is 0 Å². The first-order chi connectivity index (χ1) is 21.9. The van der Waals surface area contributed by atoms with Gasteiger partial charge in [0, 0.05) is 41.2 Å². The zero-order chi connectivity index (χ0) is 31.6. The minimum Gasteiger partial charge on any atom is -0.200 e. The average Bonchev–Trinajstić information content (AvgIpc) is 3.19. The maximum Gasteiger partial charge on any atom is 0.215 e. The average molecular weight is 593 g/mol. The van der Waals surface area contributed by atoms with Crippen LogP contribution in [0, 0.1) is 13.8 Å². The van der Waals surface area contributed by atoms with Crippen molar-refractivity contribution in [2.45, 2.75) is 78.7 Å². The molecule has 2 heteroatoms. The SMILES string of the molecule is CCCCc1ccc2[n+](c1)C(CC)(CC)C=C(Cc1ccccc1-c1c(C)c(C)c(-c3ccccc3)c[n+]1C)c1ccccc1-2. The van der Waals surface area contributed by atoms with Crippen molar-refractivity contribution in [1.29, 1.82) is 0 Å². The highest BCUT2D eigenvalue weighted by molar-refractivity contribution is 5.83. The van der Waals surface area contributed by atoms with Gasteiger partial charge in [-0.05, 0) is 85.2 Å². The summed E-state index contributed by atoms with van der Waals surface area (Å²) in [6.07, 6.45) is 13.9. The van der Waals surface area contributed by atoms with Crippen LogP contribution in [0.25, 0.3) is 39.2 Å². The maximum absolute atomic E-state index is 2.62. The van der Waals surface area contributed by atoms with Crippen molar-refractivity contribution in [2.75, 3.05) is 0 Å². The van der Waals surface area contributed by atoms with Gasteiger partial charge in [-0.2, -0.15) is 4.57 Å². The van der Waals surface area contributed by atoms with Crippen molar-refractivity contribution in [2.24, 2.45) is 7.05 Å². The molecule has 1 aliphatic heterocycles. The van der Waals surface area contributed by atoms with E-state index in [0.717, 1.165) is 25.7 Å². The Bertz CT molecular complexity index is 1860. The number of aryl methyl sites for hydroxylation is 2. The quantitative estimate of drug-likeness (QED) is 0.151. The van der Waals surface area contributed by atoms with Crippen molar-refractivity contribution in [1.82, 2.24) is 0 Å². The predicted molar refractivity (Wildman–Crippen MR) is 189 cm³/mol. The maximum atomic E-state index is 2.62. The molecule has 0 bridgehead atoms. The molecule has 0 N–H and O–H groups in total. The number of aromatic nitrogens is 2. The lowest BCUT2D eigenvalue weighted by molar-refractivity contribution is -0.744. The van der Waals surface area contributed by atoms with Crippen molar-refractivity contribution < 1.29 is 9.13 Å². The summed E-state index contributed by atoms with van der Waals surface area (Å²) in [4.78, 5) is 0. The van der Waals surface area contributed by atoms with E-state index in [2.05, 4.69) is 160 Å². The van der Waals surface area contributed by atoms with Gasteiger partial charge < -0.3 is 0 Å². The second kappa shape index (κ2) is 13.0. The zero-order valence-electron chi connectivity index (χ0n) is 28.0. The standard InChI is InChI=1S/C43H48N2/c1-7-10-18-33-25-26-41-39-24-17-16-22-37(39)36(28-43(8-2,9-3)45(41)29-33)27-35-21-14-15-23-38(35)42-32(5)31(4)40(30-44(42)6)34-19-12-11-13-20-34/h11-17,19-26,28-30H,7-10,18,27H2,1-6H3/q+2. The molecular formula is C43H48N2+2. The van der Waals surface area contributed by atoms with Crippen LogP contribution < -0.4 is 9.13 Å². The number of pyridine rings is 2. The van der Waals surface area contributed by atoms with Gasteiger partial charge in [0.1, 0.15) is 7.05 Å². The number of nitrogens with zero attached hydrogens (tertiary/aromatic N) is 2. The predicted octanol–water partition coefficient (Wildman–Crippen LogP) is 9.91. The van der Waals surface area contributed by atoms with Crippen LogP contribution in [0.1, 0.15) is 74.3 Å². The summed E-state index contributed by atoms with van der Waals surface area (Å²) >= 11 is 0. The molecule has 6 rings (SSSR count). The smallest absolute Gasteiger partial charge is 0.200 e. The van der Waals surface area contributed by atoms with E-state index in [1.807, 2.05) is 0 Å². The minimum atomic E-state index is -0.0879. The van der Waals surface area contributed by atoms with Gasteiger partial charge in [0.15, 0.2) is 17.9 Å². The first-order valence-corrected chi connectivity index (χ1v) is 16.9. The molecule has 0 unspecified atom stereocenters. The van der Waals surface area contributed by atoms with Crippen LogP contribution in [-0.2, 0) is 25.4 Å². The Labute approximate surface area is 270 Å². The molecule has 2 nitrogen and oxygen atoms in total. The van der Waals surface area contributed by atoms with Gasteiger partial charge >= 0.3 is 0 Å². The molecule has 0 saturated carbocycles. The second-order valence-corrected chi connectivity index (χ2v) is 12.9. The first-order valence-electron chi connectivity index (χ1n) is 16.9. The third-order valence-corrected chi connectivity index (χ3v) is 10.3. The lowest BCUT2D eigenvalue weighted by Crippen LogP contribution is -2.55. The van der Waals surface area contributed by atoms with Crippen molar-refractivity contribution >= 4 is 5.57 Å². The van der Waals surface area contributed by atoms with Gasteiger partial charge in [-0.1, -0.05) is 93.9 Å². The van der Waals surface area contributed by atoms with Crippen LogP contribution in [-0.4, -0.2) is 0 Å². The van der Waals surface area contributed by atoms with Crippen LogP contribution in [0.15, 0.2) is 109 Å². The fraction of sp³-hybridized carbons (Fsp3) is 0.302. The van der Waals surface area contributed by atoms with Crippen molar-refractivity contribution in [3.8, 4) is 33.6 Å². The Morgan fingerprint density at radius 1 is 0.644 bits per heavy atom. The fourth-order valence-electron chi connectivity index (χ4n) is 7.47. The molecule has 0 aliphatic carbocycles. The van der Waals surface area contributed by atoms with Crippen molar-refractivity contribution in [3.05, 3.63) is 137 Å². The lowest BCUT2D eigenvalue weighted by Gasteiger charge is -2.25. The highest BCUT2D eigenvalue weighted by Gasteiger charge is 2.40. The molecule has 0 saturated heterocycles. The topological polar surface area (TPSA) is 7.76 Å². The molecule has 0 fully saturated rings. The number of benzene rings is 3. The number of allylic oxidation sites excluding steroid dienone is 2. The Morgan fingerprint density at radius 3 is 2.02 bits per heavy atom. The number of unbranched alkanes of at least 4 members (excludes halogenated alkanes) is 1. The van der Waals surface area contributed by atoms with E-state index in [0.29, 0.717) is 0 Å². The van der Waals surface area contributed by atoms with Gasteiger partial charge in [0.05, 0.1) is 5.56 Å². The van der Waals surface area contributed by atoms with Gasteiger partial charge in [-0.3, -0.25) is 0 Å². The highest BCUT2D eigenvalue weighted by Crippen LogP contribution is 2.40. The molecule has 0 amide bonds. The van der Waals surface area contributed by atoms with Crippen LogP contribution in [0.4, 0.5) is 0 Å². The van der Waals surface area contributed by atoms with E-state index >= 15 is 0 Å². The summed E-state index contributed by atoms with van der Waals surface area (Å²) in [5, 5.41) is 0. The summed E-state index contributed by atoms with van der Waals surface area (Å²) in [6.45, 7) is 11.6. The molecule has 0 radical (unpaired) electrons. The van der Waals surface area contributed by atoms with E-state index in [1.165, 1.54) is 79.9 Å². The van der Waals surface area contributed by atoms with Gasteiger partial charge in [0.2, 0.25) is 11.4 Å². The van der Waals surface area contributed by atoms with Crippen molar-refractivity contribution in [3.63, 3.8) is 0 Å². The van der Waals surface area contributed by atoms with Gasteiger partial charge in [-0.15, -0.1) is 0 Å². The summed E-state index contributed by atoms with van der Waals surface area (Å²) in [5.41, 5.74) is 16.0. The Kier molecular flexibility index (Phi) is 8.85. The molecule has 0 spiro atoms. The number of rotatable bonds is 9. The van der Waals surface area contributed by atoms with E-state index in [1.54, 1.807) is 0 Å². The van der Waals surface area contributed by atoms with E-state index in [4.69, 9.17) is 0 Å². The minimum absolute atomic E-state index is 0.0879. The van der Waals surface area contributed by atoms with Crippen LogP contribution in [0.2, 0.25) is 0 Å². The third kappa shape index (κ3) is 5.68. The van der Waals surface area contributed by atoms with Crippen LogP contribution in [0.5, 0.6) is 0 Å². The Hall–Kier alpha value is -4.30. The molecule has 5 aromatic rings. The molecule has 3 aromatic carbocycles. The Morgan fingerprint density at radius 2 is 1.31 bits per heavy atom. The number of fused-ring (bicyclic) bond motifs is 3. The summed E-state index contributed by atoms with van der Waals surface area (Å²) in [7, 11) is 2.20. The summed E-state index contributed by atoms with van der Waals surface area (Å²) in [6, 6.07) is 33.6. The molecule has 228 valence electrons. The second-order valence-electron chi connectivity index (χ2n) is 12.9. The van der Waals surface area contributed by atoms with E-state index in [9.17, 15) is 0 Å². The number of hydrogen-bond donors (Lipinski definition) is 0. The highest BCUT2D eigenvalue weighted by atomic mass is 15.1. The largest absolute Gasteiger partial charge is 0.215 e. The third-order valence-electron chi connectivity index (χ3n) is 10.3. The van der Waals surface area contributed by atoms with E-state index < -0.39 is 0 Å². The molecule has 0 atom stereocenters. The molecule has 2 aromatic heterocycles. The summed E-state index contributed by atoms with van der Waals surface area (Å²) in [5.74, 6) is 0. The first kappa shape index (κ1) is 30.7. The zero-order valence-corrected chi connectivity index (χ0v) is 28.0. The van der Waals surface area contributed by atoms with Gasteiger partial charge in [0.25, 0.3) is 0 Å². The monoisotopic (exact) mass is 592 g/mol. The Balaban J connectivity index is 1.50. The van der Waals surface area contributed by atoms with Crippen LogP contribution in [0.3, 0.4) is 0 Å². The lowest BCUT2D eigenvalue weighted by atomic mass is 9.85. The molecule has 3 heterocycles. The van der Waals surface area contributed by atoms with Gasteiger partial charge in [-0.25, -0.2) is 4.57 Å². The molecular weight excluding hydrogens is 544 g/mol. The molecule has 45 heavy (non-hydrogen) atoms. The normalized spacial score (nSPS) is 13.5. The summed E-state index contributed by atoms with van der Waals surface area (Å²) < 4.78 is 4.95. The number of hydrogen-bond acceptors (Lipinski definition) is 0. The fourth-order valence-corrected chi connectivity index (χ4v) is 7.47. The molecule has 1 aliphatic rings.